The maximum Gasteiger partial charge on any atom is 0.254 e. The highest BCUT2D eigenvalue weighted by molar-refractivity contribution is 6.04. The Morgan fingerprint density at radius 1 is 1.45 bits per heavy atom. The normalized spacial score (nSPS) is 10.5. The first-order valence-electron chi connectivity index (χ1n) is 2.91. The first kappa shape index (κ1) is 9.42. The summed E-state index contributed by atoms with van der Waals surface area (Å²) in [4.78, 5) is 21.0. The van der Waals surface area contributed by atoms with E-state index in [4.69, 9.17) is 5.11 Å². The predicted molar refractivity (Wildman–Crippen MR) is 39.7 cm³/mol. The van der Waals surface area contributed by atoms with E-state index in [2.05, 4.69) is 6.58 Å². The summed E-state index contributed by atoms with van der Waals surface area (Å²) in [5, 5.41) is 10.5. The number of rotatable bonds is 2. The van der Waals surface area contributed by atoms with Gasteiger partial charge in [-0.25, -0.2) is 0 Å². The number of carbonyl (C=O) groups is 2. The molecular formula is C7H9NO3. The van der Waals surface area contributed by atoms with Gasteiger partial charge in [-0.3, -0.25) is 14.9 Å². The van der Waals surface area contributed by atoms with Crippen molar-refractivity contribution < 1.29 is 14.7 Å². The first-order valence-corrected chi connectivity index (χ1v) is 2.91. The van der Waals surface area contributed by atoms with E-state index < -0.39 is 11.8 Å². The highest BCUT2D eigenvalue weighted by atomic mass is 16.3. The molecule has 0 atom stereocenters. The molecular weight excluding hydrogens is 146 g/mol. The molecule has 0 heterocycles. The zero-order chi connectivity index (χ0) is 8.85. The molecule has 4 nitrogen and oxygen atoms in total. The summed E-state index contributed by atoms with van der Waals surface area (Å²) in [6.45, 7) is 4.48. The van der Waals surface area contributed by atoms with Gasteiger partial charge in [0.25, 0.3) is 5.91 Å². The van der Waals surface area contributed by atoms with E-state index in [9.17, 15) is 9.59 Å². The Hall–Kier alpha value is -1.58. The summed E-state index contributed by atoms with van der Waals surface area (Å²) in [6.07, 6.45) is 1.87. The minimum Gasteiger partial charge on any atom is -0.512 e. The Morgan fingerprint density at radius 2 is 2.00 bits per heavy atom. The van der Waals surface area contributed by atoms with Gasteiger partial charge in [-0.05, 0) is 13.0 Å². The second kappa shape index (κ2) is 4.27. The third kappa shape index (κ3) is 4.90. The van der Waals surface area contributed by atoms with Crippen molar-refractivity contribution in [3.05, 3.63) is 24.5 Å². The van der Waals surface area contributed by atoms with Crippen LogP contribution in [0.25, 0.3) is 0 Å². The first-order chi connectivity index (χ1) is 5.06. The lowest BCUT2D eigenvalue weighted by Gasteiger charge is -1.93. The van der Waals surface area contributed by atoms with Gasteiger partial charge in [-0.15, -0.1) is 0 Å². The third-order valence-corrected chi connectivity index (χ3v) is 0.772. The number of hydrogen-bond acceptors (Lipinski definition) is 3. The molecule has 0 aliphatic carbocycles. The highest BCUT2D eigenvalue weighted by Gasteiger charge is 1.99. The van der Waals surface area contributed by atoms with E-state index in [-0.39, 0.29) is 5.76 Å². The molecule has 0 saturated carbocycles. The predicted octanol–water partition coefficient (Wildman–Crippen LogP) is 0.277. The van der Waals surface area contributed by atoms with E-state index in [1.54, 1.807) is 0 Å². The van der Waals surface area contributed by atoms with Crippen molar-refractivity contribution in [2.75, 3.05) is 0 Å². The smallest absolute Gasteiger partial charge is 0.254 e. The highest BCUT2D eigenvalue weighted by Crippen LogP contribution is 1.82. The van der Waals surface area contributed by atoms with Crippen molar-refractivity contribution in [1.29, 1.82) is 0 Å². The van der Waals surface area contributed by atoms with E-state index in [0.29, 0.717) is 0 Å². The number of nitrogens with one attached hydrogen (secondary N) is 1. The summed E-state index contributed by atoms with van der Waals surface area (Å²) in [6, 6.07) is 0. The molecule has 0 unspecified atom stereocenters. The van der Waals surface area contributed by atoms with Crippen LogP contribution >= 0.6 is 0 Å². The Kier molecular flexibility index (Phi) is 3.66. The monoisotopic (exact) mass is 155 g/mol. The molecule has 60 valence electrons. The second-order valence-corrected chi connectivity index (χ2v) is 1.84. The molecule has 0 bridgehead atoms. The molecule has 0 fully saturated rings. The largest absolute Gasteiger partial charge is 0.512 e. The number of carbonyl (C=O) groups excluding carboxylic acids is 2. The summed E-state index contributed by atoms with van der Waals surface area (Å²) in [5.74, 6) is -1.40. The van der Waals surface area contributed by atoms with E-state index in [1.807, 2.05) is 5.32 Å². The Bertz CT molecular complexity index is 214. The molecule has 0 radical (unpaired) electrons. The number of imide groups is 1. The van der Waals surface area contributed by atoms with Gasteiger partial charge < -0.3 is 5.11 Å². The van der Waals surface area contributed by atoms with Crippen molar-refractivity contribution >= 4 is 11.8 Å². The molecule has 2 amide bonds. The number of aliphatic hydroxyl groups is 1. The van der Waals surface area contributed by atoms with Gasteiger partial charge >= 0.3 is 0 Å². The van der Waals surface area contributed by atoms with Crippen molar-refractivity contribution in [3.63, 3.8) is 0 Å². The van der Waals surface area contributed by atoms with Crippen LogP contribution in [0.15, 0.2) is 24.5 Å². The summed E-state index contributed by atoms with van der Waals surface area (Å²) >= 11 is 0. The number of allylic oxidation sites excluding steroid dienone is 1. The van der Waals surface area contributed by atoms with Gasteiger partial charge in [0, 0.05) is 6.08 Å². The molecule has 0 aromatic rings. The fourth-order valence-electron chi connectivity index (χ4n) is 0.398. The van der Waals surface area contributed by atoms with Crippen LogP contribution in [0.3, 0.4) is 0 Å². The molecule has 0 aliphatic heterocycles. The fourth-order valence-corrected chi connectivity index (χ4v) is 0.398. The van der Waals surface area contributed by atoms with Crippen molar-refractivity contribution in [2.45, 2.75) is 6.92 Å². The minimum absolute atomic E-state index is 0.153. The van der Waals surface area contributed by atoms with E-state index in [0.717, 1.165) is 12.2 Å². The van der Waals surface area contributed by atoms with Gasteiger partial charge in [0.15, 0.2) is 0 Å². The standard InChI is InChI=1S/C7H9NO3/c1-3-6(10)8-7(11)4-5(2)9/h3-4,9H,1H2,2H3,(H,8,10,11)/b5-4-. The van der Waals surface area contributed by atoms with Crippen molar-refractivity contribution in [1.82, 2.24) is 5.32 Å². The van der Waals surface area contributed by atoms with Crippen LogP contribution in [-0.4, -0.2) is 16.9 Å². The van der Waals surface area contributed by atoms with Gasteiger partial charge in [-0.2, -0.15) is 0 Å². The van der Waals surface area contributed by atoms with Crippen LogP contribution in [-0.2, 0) is 9.59 Å². The zero-order valence-electron chi connectivity index (χ0n) is 6.13. The van der Waals surface area contributed by atoms with Crippen molar-refractivity contribution in [2.24, 2.45) is 0 Å². The fraction of sp³-hybridized carbons (Fsp3) is 0.143. The van der Waals surface area contributed by atoms with Gasteiger partial charge in [0.2, 0.25) is 5.91 Å². The van der Waals surface area contributed by atoms with Crippen LogP contribution in [0.1, 0.15) is 6.92 Å². The molecule has 0 spiro atoms. The molecule has 4 heteroatoms. The molecule has 0 aliphatic rings. The second-order valence-electron chi connectivity index (χ2n) is 1.84. The van der Waals surface area contributed by atoms with Crippen LogP contribution in [0.4, 0.5) is 0 Å². The lowest BCUT2D eigenvalue weighted by atomic mass is 10.4. The maximum atomic E-state index is 10.6. The Labute approximate surface area is 64.2 Å². The summed E-state index contributed by atoms with van der Waals surface area (Å²) < 4.78 is 0. The Morgan fingerprint density at radius 3 is 2.36 bits per heavy atom. The molecule has 0 aromatic heterocycles. The quantitative estimate of drug-likeness (QED) is 0.444. The SMILES string of the molecule is C=CC(=O)NC(=O)/C=C(/C)O. The lowest BCUT2D eigenvalue weighted by Crippen LogP contribution is -2.26. The minimum atomic E-state index is -0.658. The number of hydrogen-bond donors (Lipinski definition) is 2. The van der Waals surface area contributed by atoms with Gasteiger partial charge in [0.05, 0.1) is 5.76 Å². The van der Waals surface area contributed by atoms with E-state index in [1.165, 1.54) is 6.92 Å². The van der Waals surface area contributed by atoms with E-state index >= 15 is 0 Å². The molecule has 2 N–H and O–H groups in total. The van der Waals surface area contributed by atoms with Crippen molar-refractivity contribution in [3.8, 4) is 0 Å². The third-order valence-electron chi connectivity index (χ3n) is 0.772. The molecule has 11 heavy (non-hydrogen) atoms. The molecule has 0 saturated heterocycles. The van der Waals surface area contributed by atoms with Gasteiger partial charge in [0.1, 0.15) is 0 Å². The number of aliphatic hydroxyl groups excluding tert-OH is 1. The molecule has 0 rings (SSSR count). The van der Waals surface area contributed by atoms with Gasteiger partial charge in [-0.1, -0.05) is 6.58 Å². The average Bonchev–Trinajstić information content (AvgIpc) is 1.85. The topological polar surface area (TPSA) is 66.4 Å². The molecule has 0 aromatic carbocycles. The number of amides is 2. The lowest BCUT2D eigenvalue weighted by molar-refractivity contribution is -0.125. The summed E-state index contributed by atoms with van der Waals surface area (Å²) in [7, 11) is 0. The van der Waals surface area contributed by atoms with Crippen LogP contribution < -0.4 is 5.32 Å². The van der Waals surface area contributed by atoms with Crippen LogP contribution in [0.2, 0.25) is 0 Å². The summed E-state index contributed by atoms with van der Waals surface area (Å²) in [5.41, 5.74) is 0. The van der Waals surface area contributed by atoms with Crippen LogP contribution in [0, 0.1) is 0 Å². The Balaban J connectivity index is 3.99. The zero-order valence-corrected chi connectivity index (χ0v) is 6.13. The average molecular weight is 155 g/mol. The van der Waals surface area contributed by atoms with Crippen LogP contribution in [0.5, 0.6) is 0 Å². The maximum absolute atomic E-state index is 10.6.